The maximum atomic E-state index is 6.12. The Morgan fingerprint density at radius 2 is 2.26 bits per heavy atom. The van der Waals surface area contributed by atoms with Crippen LogP contribution in [0.3, 0.4) is 0 Å². The molecule has 2 aromatic rings. The molecule has 102 valence electrons. The van der Waals surface area contributed by atoms with Gasteiger partial charge in [-0.1, -0.05) is 11.6 Å². The summed E-state index contributed by atoms with van der Waals surface area (Å²) in [7, 11) is 0. The average molecular weight is 282 g/mol. The molecule has 1 N–H and O–H groups in total. The lowest BCUT2D eigenvalue weighted by atomic mass is 10.0. The fraction of sp³-hybridized carbons (Fsp3) is 0.583. The molecule has 0 amide bonds. The maximum absolute atomic E-state index is 6.12. The van der Waals surface area contributed by atoms with Gasteiger partial charge in [0, 0.05) is 25.3 Å². The van der Waals surface area contributed by atoms with Crippen LogP contribution in [-0.2, 0) is 4.74 Å². The SMILES string of the molecule is Cc1c(Cl)nc2ncnn2c1NCC1CCOCC1. The fourth-order valence-electron chi connectivity index (χ4n) is 2.30. The van der Waals surface area contributed by atoms with Crippen LogP contribution >= 0.6 is 11.6 Å². The first kappa shape index (κ1) is 12.6. The molecule has 0 aliphatic carbocycles. The molecule has 0 atom stereocenters. The van der Waals surface area contributed by atoms with Crippen LogP contribution < -0.4 is 5.32 Å². The zero-order valence-electron chi connectivity index (χ0n) is 10.8. The molecule has 1 saturated heterocycles. The lowest BCUT2D eigenvalue weighted by Gasteiger charge is -2.23. The Bertz CT molecular complexity index is 579. The summed E-state index contributed by atoms with van der Waals surface area (Å²) in [6, 6.07) is 0. The molecule has 0 bridgehead atoms. The van der Waals surface area contributed by atoms with Gasteiger partial charge in [-0.25, -0.2) is 0 Å². The van der Waals surface area contributed by atoms with Gasteiger partial charge in [0.05, 0.1) is 0 Å². The van der Waals surface area contributed by atoms with E-state index in [1.165, 1.54) is 6.33 Å². The van der Waals surface area contributed by atoms with Crippen molar-refractivity contribution in [1.29, 1.82) is 0 Å². The second-order valence-corrected chi connectivity index (χ2v) is 5.14. The van der Waals surface area contributed by atoms with Crippen LogP contribution in [0.25, 0.3) is 5.78 Å². The van der Waals surface area contributed by atoms with E-state index in [0.29, 0.717) is 16.8 Å². The number of nitrogens with zero attached hydrogens (tertiary/aromatic N) is 4. The topological polar surface area (TPSA) is 64.3 Å². The second-order valence-electron chi connectivity index (χ2n) is 4.78. The van der Waals surface area contributed by atoms with Gasteiger partial charge in [0.1, 0.15) is 17.3 Å². The van der Waals surface area contributed by atoms with Gasteiger partial charge in [0.15, 0.2) is 0 Å². The normalized spacial score (nSPS) is 16.9. The molecule has 6 nitrogen and oxygen atoms in total. The van der Waals surface area contributed by atoms with Gasteiger partial charge < -0.3 is 10.1 Å². The van der Waals surface area contributed by atoms with E-state index < -0.39 is 0 Å². The minimum absolute atomic E-state index is 0.468. The van der Waals surface area contributed by atoms with Gasteiger partial charge in [-0.15, -0.1) is 0 Å². The summed E-state index contributed by atoms with van der Waals surface area (Å²) in [4.78, 5) is 8.26. The molecule has 0 radical (unpaired) electrons. The zero-order chi connectivity index (χ0) is 13.2. The molecule has 3 heterocycles. The van der Waals surface area contributed by atoms with Crippen LogP contribution in [0.1, 0.15) is 18.4 Å². The third-order valence-corrected chi connectivity index (χ3v) is 3.87. The predicted molar refractivity (Wildman–Crippen MR) is 72.6 cm³/mol. The van der Waals surface area contributed by atoms with Gasteiger partial charge in [-0.05, 0) is 25.7 Å². The molecule has 0 aromatic carbocycles. The number of hydrogen-bond donors (Lipinski definition) is 1. The minimum Gasteiger partial charge on any atom is -0.381 e. The largest absolute Gasteiger partial charge is 0.381 e. The van der Waals surface area contributed by atoms with Crippen molar-refractivity contribution in [2.45, 2.75) is 19.8 Å². The smallest absolute Gasteiger partial charge is 0.255 e. The van der Waals surface area contributed by atoms with E-state index in [9.17, 15) is 0 Å². The van der Waals surface area contributed by atoms with Crippen LogP contribution in [0.4, 0.5) is 5.82 Å². The van der Waals surface area contributed by atoms with Crippen molar-refractivity contribution in [1.82, 2.24) is 19.6 Å². The summed E-state index contributed by atoms with van der Waals surface area (Å²) in [5.74, 6) is 2.02. The van der Waals surface area contributed by atoms with Gasteiger partial charge in [0.2, 0.25) is 0 Å². The van der Waals surface area contributed by atoms with E-state index in [0.717, 1.165) is 44.0 Å². The quantitative estimate of drug-likeness (QED) is 0.871. The summed E-state index contributed by atoms with van der Waals surface area (Å²) in [5, 5.41) is 8.08. The number of fused-ring (bicyclic) bond motifs is 1. The first-order valence-electron chi connectivity index (χ1n) is 6.43. The van der Waals surface area contributed by atoms with Crippen molar-refractivity contribution in [3.63, 3.8) is 0 Å². The van der Waals surface area contributed by atoms with E-state index in [4.69, 9.17) is 16.3 Å². The van der Waals surface area contributed by atoms with Gasteiger partial charge in [0.25, 0.3) is 5.78 Å². The van der Waals surface area contributed by atoms with Crippen LogP contribution in [0.5, 0.6) is 0 Å². The van der Waals surface area contributed by atoms with Crippen molar-refractivity contribution in [2.75, 3.05) is 25.1 Å². The number of aromatic nitrogens is 4. The van der Waals surface area contributed by atoms with E-state index in [2.05, 4.69) is 20.4 Å². The molecule has 3 rings (SSSR count). The lowest BCUT2D eigenvalue weighted by Crippen LogP contribution is -2.24. The van der Waals surface area contributed by atoms with Crippen LogP contribution in [0, 0.1) is 12.8 Å². The molecule has 1 aliphatic rings. The summed E-state index contributed by atoms with van der Waals surface area (Å²) in [6.45, 7) is 4.52. The van der Waals surface area contributed by atoms with Crippen molar-refractivity contribution in [2.24, 2.45) is 5.92 Å². The second kappa shape index (κ2) is 5.30. The Kier molecular flexibility index (Phi) is 3.52. The van der Waals surface area contributed by atoms with Crippen LogP contribution in [-0.4, -0.2) is 39.3 Å². The predicted octanol–water partition coefficient (Wildman–Crippen LogP) is 1.92. The highest BCUT2D eigenvalue weighted by atomic mass is 35.5. The standard InChI is InChI=1S/C12H16ClN5O/c1-8-10(13)17-12-15-7-16-18(12)11(8)14-6-9-2-4-19-5-3-9/h7,9,14H,2-6H2,1H3. The van der Waals surface area contributed by atoms with E-state index >= 15 is 0 Å². The highest BCUT2D eigenvalue weighted by Gasteiger charge is 2.16. The third kappa shape index (κ3) is 2.50. The third-order valence-electron chi connectivity index (χ3n) is 3.50. The Labute approximate surface area is 116 Å². The number of anilines is 1. The van der Waals surface area contributed by atoms with Crippen molar-refractivity contribution in [3.05, 3.63) is 17.0 Å². The van der Waals surface area contributed by atoms with E-state index in [-0.39, 0.29) is 0 Å². The molecular formula is C12H16ClN5O. The molecule has 0 saturated carbocycles. The Morgan fingerprint density at radius 1 is 1.47 bits per heavy atom. The Balaban J connectivity index is 1.82. The molecule has 0 unspecified atom stereocenters. The molecular weight excluding hydrogens is 266 g/mol. The number of nitrogens with one attached hydrogen (secondary N) is 1. The molecule has 7 heteroatoms. The van der Waals surface area contributed by atoms with Crippen LogP contribution in [0.2, 0.25) is 5.15 Å². The molecule has 2 aromatic heterocycles. The number of halogens is 1. The average Bonchev–Trinajstić information content (AvgIpc) is 2.88. The van der Waals surface area contributed by atoms with Gasteiger partial charge >= 0.3 is 0 Å². The monoisotopic (exact) mass is 281 g/mol. The first-order chi connectivity index (χ1) is 9.25. The molecule has 1 aliphatic heterocycles. The van der Waals surface area contributed by atoms with Crippen molar-refractivity contribution < 1.29 is 4.74 Å². The van der Waals surface area contributed by atoms with Crippen molar-refractivity contribution >= 4 is 23.2 Å². The highest BCUT2D eigenvalue weighted by molar-refractivity contribution is 6.30. The zero-order valence-corrected chi connectivity index (χ0v) is 11.5. The number of rotatable bonds is 3. The summed E-state index contributed by atoms with van der Waals surface area (Å²) in [5.41, 5.74) is 0.895. The minimum atomic E-state index is 0.468. The van der Waals surface area contributed by atoms with Crippen LogP contribution in [0.15, 0.2) is 6.33 Å². The maximum Gasteiger partial charge on any atom is 0.255 e. The Morgan fingerprint density at radius 3 is 3.05 bits per heavy atom. The Hall–Kier alpha value is -1.40. The highest BCUT2D eigenvalue weighted by Crippen LogP contribution is 2.23. The van der Waals surface area contributed by atoms with Gasteiger partial charge in [-0.2, -0.15) is 19.6 Å². The summed E-state index contributed by atoms with van der Waals surface area (Å²) >= 11 is 6.12. The summed E-state index contributed by atoms with van der Waals surface area (Å²) < 4.78 is 7.06. The summed E-state index contributed by atoms with van der Waals surface area (Å²) in [6.07, 6.45) is 3.66. The first-order valence-corrected chi connectivity index (χ1v) is 6.81. The van der Waals surface area contributed by atoms with Crippen molar-refractivity contribution in [3.8, 4) is 0 Å². The number of hydrogen-bond acceptors (Lipinski definition) is 5. The fourth-order valence-corrected chi connectivity index (χ4v) is 2.46. The molecule has 0 spiro atoms. The van der Waals surface area contributed by atoms with E-state index in [1.54, 1.807) is 4.52 Å². The number of ether oxygens (including phenoxy) is 1. The molecule has 1 fully saturated rings. The van der Waals surface area contributed by atoms with E-state index in [1.807, 2.05) is 6.92 Å². The lowest BCUT2D eigenvalue weighted by molar-refractivity contribution is 0.0699. The molecule has 19 heavy (non-hydrogen) atoms. The van der Waals surface area contributed by atoms with Gasteiger partial charge in [-0.3, -0.25) is 0 Å².